The number of hydrogen-bond acceptors (Lipinski definition) is 4. The summed E-state index contributed by atoms with van der Waals surface area (Å²) >= 11 is 3.15. The highest BCUT2D eigenvalue weighted by molar-refractivity contribution is 14.1. The molecule has 0 saturated heterocycles. The van der Waals surface area contributed by atoms with Crippen molar-refractivity contribution in [1.29, 1.82) is 0 Å². The Morgan fingerprint density at radius 1 is 1.00 bits per heavy atom. The summed E-state index contributed by atoms with van der Waals surface area (Å²) in [5.74, 6) is 0. The molecule has 0 aliphatic rings. The summed E-state index contributed by atoms with van der Waals surface area (Å²) in [6.07, 6.45) is -1.69. The Balaban J connectivity index is 3.32. The second-order valence-electron chi connectivity index (χ2n) is 2.76. The second-order valence-corrected chi connectivity index (χ2v) is 4.72. The van der Waals surface area contributed by atoms with E-state index in [2.05, 4.69) is 0 Å². The van der Waals surface area contributed by atoms with Crippen LogP contribution in [0, 0.1) is 0 Å². The number of carbonyl (C=O) groups is 2. The Morgan fingerprint density at radius 2 is 1.40 bits per heavy atom. The molecular formula is C9H6I2O4. The smallest absolute Gasteiger partial charge is 0.222 e. The third-order valence-corrected chi connectivity index (χ3v) is 2.95. The van der Waals surface area contributed by atoms with Crippen molar-refractivity contribution in [3.8, 4) is 0 Å². The maximum Gasteiger partial charge on any atom is 0.222 e. The van der Waals surface area contributed by atoms with Crippen LogP contribution in [0.1, 0.15) is 32.6 Å². The molecule has 0 radical (unpaired) electrons. The Hall–Kier alpha value is -0.0600. The van der Waals surface area contributed by atoms with E-state index in [9.17, 15) is 9.59 Å². The first-order chi connectivity index (χ1) is 6.91. The quantitative estimate of drug-likeness (QED) is 0.435. The van der Waals surface area contributed by atoms with E-state index in [1.54, 1.807) is 45.2 Å². The lowest BCUT2D eigenvalue weighted by Gasteiger charge is -2.06. The van der Waals surface area contributed by atoms with Gasteiger partial charge in [-0.1, -0.05) is 0 Å². The molecule has 0 amide bonds. The van der Waals surface area contributed by atoms with E-state index in [-0.39, 0.29) is 24.3 Å². The minimum Gasteiger partial charge on any atom is -0.364 e. The molecule has 4 nitrogen and oxygen atoms in total. The highest BCUT2D eigenvalue weighted by atomic mass is 127. The first-order valence-electron chi connectivity index (χ1n) is 3.82. The van der Waals surface area contributed by atoms with E-state index in [4.69, 9.17) is 10.2 Å². The molecule has 0 unspecified atom stereocenters. The minimum atomic E-state index is -1.69. The fourth-order valence-corrected chi connectivity index (χ4v) is 1.65. The van der Waals surface area contributed by atoms with Gasteiger partial charge in [0, 0.05) is 61.9 Å². The summed E-state index contributed by atoms with van der Waals surface area (Å²) in [4.78, 5) is 22.2. The highest BCUT2D eigenvalue weighted by Crippen LogP contribution is 2.19. The van der Waals surface area contributed by atoms with Crippen molar-refractivity contribution in [2.24, 2.45) is 0 Å². The number of aliphatic hydroxyl groups excluding tert-OH is 1. The van der Waals surface area contributed by atoms with Crippen molar-refractivity contribution < 1.29 is 19.8 Å². The van der Waals surface area contributed by atoms with Gasteiger partial charge in [-0.3, -0.25) is 9.59 Å². The normalized spacial score (nSPS) is 10.5. The van der Waals surface area contributed by atoms with Crippen LogP contribution < -0.4 is 0 Å². The van der Waals surface area contributed by atoms with E-state index in [0.717, 1.165) is 0 Å². The third kappa shape index (κ3) is 3.47. The lowest BCUT2D eigenvalue weighted by molar-refractivity contribution is -0.0425. The minimum absolute atomic E-state index is 0.137. The van der Waals surface area contributed by atoms with E-state index in [1.807, 2.05) is 0 Å². The van der Waals surface area contributed by atoms with E-state index in [0.29, 0.717) is 0 Å². The SMILES string of the molecule is O=C(I)c1cc(C(=O)I)cc(C(O)O)c1. The number of aliphatic hydroxyl groups is 2. The Kier molecular flexibility index (Phi) is 4.62. The second kappa shape index (κ2) is 5.32. The van der Waals surface area contributed by atoms with Crippen molar-refractivity contribution in [3.05, 3.63) is 34.9 Å². The number of rotatable bonds is 3. The zero-order valence-corrected chi connectivity index (χ0v) is 11.6. The largest absolute Gasteiger partial charge is 0.364 e. The molecule has 0 spiro atoms. The standard InChI is InChI=1S/C9H6I2O4/c10-7(12)4-1-5(8(11)13)3-6(2-4)9(14)15/h1-3,9,14-15H. The molecule has 0 aliphatic carbocycles. The number of hydrogen-bond donors (Lipinski definition) is 2. The molecule has 1 aromatic rings. The summed E-state index contributed by atoms with van der Waals surface area (Å²) in [7, 11) is 0. The lowest BCUT2D eigenvalue weighted by Crippen LogP contribution is -2.01. The molecule has 80 valence electrons. The van der Waals surface area contributed by atoms with Gasteiger partial charge < -0.3 is 10.2 Å². The van der Waals surface area contributed by atoms with Crippen LogP contribution in [-0.2, 0) is 0 Å². The average Bonchev–Trinajstić information content (AvgIpc) is 2.16. The van der Waals surface area contributed by atoms with Gasteiger partial charge in [0.15, 0.2) is 6.29 Å². The molecular weight excluding hydrogens is 426 g/mol. The molecule has 0 fully saturated rings. The van der Waals surface area contributed by atoms with Gasteiger partial charge in [-0.05, 0) is 18.2 Å². The monoisotopic (exact) mass is 432 g/mol. The first-order valence-corrected chi connectivity index (χ1v) is 5.98. The zero-order chi connectivity index (χ0) is 11.6. The van der Waals surface area contributed by atoms with Gasteiger partial charge >= 0.3 is 0 Å². The third-order valence-electron chi connectivity index (χ3n) is 1.71. The molecule has 1 aromatic carbocycles. The zero-order valence-electron chi connectivity index (χ0n) is 7.28. The summed E-state index contributed by atoms with van der Waals surface area (Å²) in [5, 5.41) is 17.9. The molecule has 0 aliphatic heterocycles. The van der Waals surface area contributed by atoms with E-state index in [1.165, 1.54) is 18.2 Å². The fraction of sp³-hybridized carbons (Fsp3) is 0.111. The van der Waals surface area contributed by atoms with Crippen LogP contribution in [0.3, 0.4) is 0 Å². The van der Waals surface area contributed by atoms with Crippen LogP contribution in [-0.4, -0.2) is 17.8 Å². The summed E-state index contributed by atoms with van der Waals surface area (Å²) in [5.41, 5.74) is 0.694. The number of halogens is 2. The van der Waals surface area contributed by atoms with Crippen LogP contribution in [0.5, 0.6) is 0 Å². The lowest BCUT2D eigenvalue weighted by atomic mass is 10.1. The van der Waals surface area contributed by atoms with Gasteiger partial charge in [0.05, 0.1) is 0 Å². The predicted octanol–water partition coefficient (Wildman–Crippen LogP) is 1.82. The van der Waals surface area contributed by atoms with Crippen molar-refractivity contribution >= 4 is 52.8 Å². The molecule has 0 atom stereocenters. The van der Waals surface area contributed by atoms with Crippen molar-refractivity contribution in [3.63, 3.8) is 0 Å². The molecule has 0 aromatic heterocycles. The highest BCUT2D eigenvalue weighted by Gasteiger charge is 2.12. The molecule has 6 heteroatoms. The average molecular weight is 432 g/mol. The van der Waals surface area contributed by atoms with Gasteiger partial charge in [-0.15, -0.1) is 0 Å². The first kappa shape index (κ1) is 13.0. The van der Waals surface area contributed by atoms with Crippen LogP contribution >= 0.6 is 45.2 Å². The van der Waals surface area contributed by atoms with Crippen LogP contribution in [0.4, 0.5) is 0 Å². The summed E-state index contributed by atoms with van der Waals surface area (Å²) in [6, 6.07) is 4.13. The molecule has 1 rings (SSSR count). The molecule has 0 heterocycles. The van der Waals surface area contributed by atoms with Crippen LogP contribution in [0.2, 0.25) is 0 Å². The van der Waals surface area contributed by atoms with E-state index >= 15 is 0 Å². The van der Waals surface area contributed by atoms with E-state index < -0.39 is 6.29 Å². The fourth-order valence-electron chi connectivity index (χ4n) is 1.03. The molecule has 0 bridgehead atoms. The van der Waals surface area contributed by atoms with Crippen LogP contribution in [0.15, 0.2) is 18.2 Å². The van der Waals surface area contributed by atoms with Gasteiger partial charge in [-0.25, -0.2) is 0 Å². The van der Waals surface area contributed by atoms with Gasteiger partial charge in [0.25, 0.3) is 0 Å². The maximum atomic E-state index is 11.1. The Bertz CT molecular complexity index is 382. The van der Waals surface area contributed by atoms with Crippen molar-refractivity contribution in [1.82, 2.24) is 0 Å². The predicted molar refractivity (Wildman–Crippen MR) is 70.3 cm³/mol. The summed E-state index contributed by atoms with van der Waals surface area (Å²) in [6.45, 7) is 0. The van der Waals surface area contributed by atoms with Gasteiger partial charge in [0.2, 0.25) is 7.58 Å². The van der Waals surface area contributed by atoms with Crippen molar-refractivity contribution in [2.75, 3.05) is 0 Å². The van der Waals surface area contributed by atoms with Gasteiger partial charge in [0.1, 0.15) is 0 Å². The Morgan fingerprint density at radius 3 is 1.67 bits per heavy atom. The maximum absolute atomic E-state index is 11.1. The topological polar surface area (TPSA) is 74.6 Å². The number of benzene rings is 1. The van der Waals surface area contributed by atoms with Crippen LogP contribution in [0.25, 0.3) is 0 Å². The number of carbonyl (C=O) groups excluding carboxylic acids is 2. The molecule has 2 N–H and O–H groups in total. The van der Waals surface area contributed by atoms with Gasteiger partial charge in [-0.2, -0.15) is 0 Å². The molecule has 0 saturated carbocycles. The Labute approximate surface area is 113 Å². The van der Waals surface area contributed by atoms with Crippen molar-refractivity contribution in [2.45, 2.75) is 6.29 Å². The summed E-state index contributed by atoms with van der Waals surface area (Å²) < 4.78 is -0.511. The molecule has 15 heavy (non-hydrogen) atoms.